The fourth-order valence-electron chi connectivity index (χ4n) is 2.69. The highest BCUT2D eigenvalue weighted by atomic mass is 35.5. The van der Waals surface area contributed by atoms with E-state index in [1.807, 2.05) is 11.3 Å². The number of alkyl halides is 1. The lowest BCUT2D eigenvalue weighted by molar-refractivity contribution is 0.318. The Kier molecular flexibility index (Phi) is 5.30. The molecule has 1 heterocycles. The Bertz CT molecular complexity index is 329. The molecule has 96 valence electrons. The Morgan fingerprint density at radius 2 is 2.12 bits per heavy atom. The van der Waals surface area contributed by atoms with Crippen molar-refractivity contribution in [3.63, 3.8) is 0 Å². The van der Waals surface area contributed by atoms with Crippen molar-refractivity contribution in [3.05, 3.63) is 16.1 Å². The molecule has 0 amide bonds. The molecule has 17 heavy (non-hydrogen) atoms. The van der Waals surface area contributed by atoms with Crippen molar-refractivity contribution in [2.75, 3.05) is 5.88 Å². The van der Waals surface area contributed by atoms with Crippen molar-refractivity contribution in [3.8, 4) is 0 Å². The second-order valence-electron chi connectivity index (χ2n) is 5.10. The van der Waals surface area contributed by atoms with Crippen LogP contribution in [0.1, 0.15) is 62.1 Å². The lowest BCUT2D eigenvalue weighted by Crippen LogP contribution is -2.12. The topological polar surface area (TPSA) is 12.9 Å². The molecule has 3 heteroatoms. The largest absolute Gasteiger partial charge is 0.246 e. The number of nitrogens with zero attached hydrogens (tertiary/aromatic N) is 1. The fourth-order valence-corrected chi connectivity index (χ4v) is 3.85. The van der Waals surface area contributed by atoms with Gasteiger partial charge in [-0.3, -0.25) is 0 Å². The third kappa shape index (κ3) is 3.69. The van der Waals surface area contributed by atoms with Crippen LogP contribution in [0.2, 0.25) is 0 Å². The lowest BCUT2D eigenvalue weighted by atomic mass is 9.81. The zero-order chi connectivity index (χ0) is 12.1. The molecule has 0 bridgehead atoms. The molecule has 0 aromatic carbocycles. The molecular weight excluding hydrogens is 250 g/mol. The highest BCUT2D eigenvalue weighted by molar-refractivity contribution is 7.09. The van der Waals surface area contributed by atoms with Gasteiger partial charge in [0.25, 0.3) is 0 Å². The van der Waals surface area contributed by atoms with Gasteiger partial charge in [-0.05, 0) is 44.4 Å². The van der Waals surface area contributed by atoms with Crippen molar-refractivity contribution in [1.29, 1.82) is 0 Å². The molecule has 1 aromatic heterocycles. The van der Waals surface area contributed by atoms with Crippen molar-refractivity contribution in [2.45, 2.75) is 57.8 Å². The van der Waals surface area contributed by atoms with E-state index in [4.69, 9.17) is 16.6 Å². The molecule has 0 radical (unpaired) electrons. The normalized spacial score (nSPS) is 25.1. The highest BCUT2D eigenvalue weighted by Gasteiger charge is 2.23. The first-order chi connectivity index (χ1) is 8.33. The molecule has 1 saturated carbocycles. The van der Waals surface area contributed by atoms with Gasteiger partial charge in [-0.2, -0.15) is 0 Å². The van der Waals surface area contributed by atoms with Crippen LogP contribution in [-0.2, 0) is 6.42 Å². The Morgan fingerprint density at radius 3 is 2.76 bits per heavy atom. The smallest absolute Gasteiger partial charge is 0.0959 e. The van der Waals surface area contributed by atoms with Crippen molar-refractivity contribution in [1.82, 2.24) is 4.98 Å². The Labute approximate surface area is 114 Å². The quantitative estimate of drug-likeness (QED) is 0.687. The summed E-state index contributed by atoms with van der Waals surface area (Å²) in [6.45, 7) is 2.32. The average molecular weight is 272 g/mol. The third-order valence-corrected chi connectivity index (χ3v) is 5.23. The van der Waals surface area contributed by atoms with E-state index in [9.17, 15) is 0 Å². The number of rotatable bonds is 5. The predicted molar refractivity (Wildman–Crippen MR) is 76.1 cm³/mol. The molecule has 1 aromatic rings. The van der Waals surface area contributed by atoms with Gasteiger partial charge in [0, 0.05) is 17.2 Å². The fraction of sp³-hybridized carbons (Fsp3) is 0.786. The van der Waals surface area contributed by atoms with E-state index in [0.29, 0.717) is 0 Å². The van der Waals surface area contributed by atoms with Gasteiger partial charge in [-0.1, -0.05) is 13.3 Å². The highest BCUT2D eigenvalue weighted by Crippen LogP contribution is 2.38. The first kappa shape index (κ1) is 13.4. The first-order valence-electron chi connectivity index (χ1n) is 6.83. The second-order valence-corrected chi connectivity index (χ2v) is 6.36. The molecule has 0 saturated heterocycles. The number of aromatic nitrogens is 1. The monoisotopic (exact) mass is 271 g/mol. The SMILES string of the molecule is CCC1CCC(c2nc(CCCCl)cs2)CC1. The summed E-state index contributed by atoms with van der Waals surface area (Å²) in [5.41, 5.74) is 1.25. The minimum atomic E-state index is 0.743. The van der Waals surface area contributed by atoms with E-state index in [2.05, 4.69) is 12.3 Å². The van der Waals surface area contributed by atoms with E-state index in [1.54, 1.807) is 0 Å². The van der Waals surface area contributed by atoms with Gasteiger partial charge in [-0.25, -0.2) is 4.98 Å². The zero-order valence-corrected chi connectivity index (χ0v) is 12.2. The molecule has 0 unspecified atom stereocenters. The van der Waals surface area contributed by atoms with Crippen LogP contribution in [0.3, 0.4) is 0 Å². The minimum absolute atomic E-state index is 0.743. The van der Waals surface area contributed by atoms with Crippen LogP contribution < -0.4 is 0 Å². The molecule has 1 fully saturated rings. The summed E-state index contributed by atoms with van der Waals surface area (Å²) in [5, 5.41) is 3.61. The van der Waals surface area contributed by atoms with E-state index < -0.39 is 0 Å². The number of thiazole rings is 1. The second kappa shape index (κ2) is 6.75. The molecule has 1 nitrogen and oxygen atoms in total. The van der Waals surface area contributed by atoms with Crippen LogP contribution in [0, 0.1) is 5.92 Å². The summed E-state index contributed by atoms with van der Waals surface area (Å²) in [5.74, 6) is 2.46. The number of hydrogen-bond donors (Lipinski definition) is 0. The predicted octanol–water partition coefficient (Wildman–Crippen LogP) is 5.00. The molecule has 2 rings (SSSR count). The van der Waals surface area contributed by atoms with Gasteiger partial charge >= 0.3 is 0 Å². The maximum Gasteiger partial charge on any atom is 0.0959 e. The van der Waals surface area contributed by atoms with E-state index in [-0.39, 0.29) is 0 Å². The zero-order valence-electron chi connectivity index (χ0n) is 10.6. The van der Waals surface area contributed by atoms with Gasteiger partial charge in [-0.15, -0.1) is 22.9 Å². The van der Waals surface area contributed by atoms with Crippen molar-refractivity contribution in [2.24, 2.45) is 5.92 Å². The van der Waals surface area contributed by atoms with Gasteiger partial charge in [0.2, 0.25) is 0 Å². The number of hydrogen-bond acceptors (Lipinski definition) is 2. The summed E-state index contributed by atoms with van der Waals surface area (Å²) < 4.78 is 0. The maximum atomic E-state index is 5.71. The summed E-state index contributed by atoms with van der Waals surface area (Å²) >= 11 is 7.58. The number of aryl methyl sites for hydroxylation is 1. The minimum Gasteiger partial charge on any atom is -0.246 e. The number of halogens is 1. The molecule has 0 spiro atoms. The van der Waals surface area contributed by atoms with Crippen LogP contribution in [0.5, 0.6) is 0 Å². The van der Waals surface area contributed by atoms with E-state index in [0.717, 1.165) is 30.6 Å². The Balaban J connectivity index is 1.87. The van der Waals surface area contributed by atoms with Gasteiger partial charge < -0.3 is 0 Å². The molecule has 0 N–H and O–H groups in total. The summed E-state index contributed by atoms with van der Waals surface area (Å²) in [4.78, 5) is 4.78. The Hall–Kier alpha value is -0.0800. The molecule has 0 atom stereocenters. The summed E-state index contributed by atoms with van der Waals surface area (Å²) in [7, 11) is 0. The average Bonchev–Trinajstić information content (AvgIpc) is 2.85. The van der Waals surface area contributed by atoms with Crippen molar-refractivity contribution < 1.29 is 0 Å². The first-order valence-corrected chi connectivity index (χ1v) is 8.25. The Morgan fingerprint density at radius 1 is 1.35 bits per heavy atom. The van der Waals surface area contributed by atoms with Gasteiger partial charge in [0.05, 0.1) is 10.7 Å². The third-order valence-electron chi connectivity index (χ3n) is 3.91. The molecule has 0 aliphatic heterocycles. The van der Waals surface area contributed by atoms with Gasteiger partial charge in [0.1, 0.15) is 0 Å². The van der Waals surface area contributed by atoms with E-state index >= 15 is 0 Å². The maximum absolute atomic E-state index is 5.71. The van der Waals surface area contributed by atoms with Crippen LogP contribution in [0.15, 0.2) is 5.38 Å². The van der Waals surface area contributed by atoms with Crippen LogP contribution in [-0.4, -0.2) is 10.9 Å². The summed E-state index contributed by atoms with van der Waals surface area (Å²) in [6, 6.07) is 0. The van der Waals surface area contributed by atoms with Crippen molar-refractivity contribution >= 4 is 22.9 Å². The van der Waals surface area contributed by atoms with Crippen LogP contribution in [0.4, 0.5) is 0 Å². The molecule has 1 aliphatic carbocycles. The molecular formula is C14H22ClNS. The van der Waals surface area contributed by atoms with Gasteiger partial charge in [0.15, 0.2) is 0 Å². The van der Waals surface area contributed by atoms with Crippen LogP contribution >= 0.6 is 22.9 Å². The van der Waals surface area contributed by atoms with E-state index in [1.165, 1.54) is 42.8 Å². The molecule has 1 aliphatic rings. The lowest BCUT2D eigenvalue weighted by Gasteiger charge is -2.26. The summed E-state index contributed by atoms with van der Waals surface area (Å²) in [6.07, 6.45) is 8.95. The van der Waals surface area contributed by atoms with Crippen LogP contribution in [0.25, 0.3) is 0 Å². The standard InChI is InChI=1S/C14H22ClNS/c1-2-11-5-7-12(8-6-11)14-16-13(10-17-14)4-3-9-15/h10-12H,2-9H2,1H3.